The summed E-state index contributed by atoms with van der Waals surface area (Å²) < 4.78 is 5.27. The van der Waals surface area contributed by atoms with Gasteiger partial charge in [0.05, 0.1) is 0 Å². The first-order valence-corrected chi connectivity index (χ1v) is 3.37. The van der Waals surface area contributed by atoms with Crippen LogP contribution in [0.2, 0.25) is 0 Å². The zero-order valence-electron chi connectivity index (χ0n) is 4.68. The molecule has 0 aromatic carbocycles. The summed E-state index contributed by atoms with van der Waals surface area (Å²) in [6.07, 6.45) is 4.23. The van der Waals surface area contributed by atoms with Gasteiger partial charge >= 0.3 is 0 Å². The molecular formula is C7H8O. The monoisotopic (exact) mass is 108 g/mol. The van der Waals surface area contributed by atoms with Gasteiger partial charge in [-0.1, -0.05) is 0 Å². The number of hydrogen-bond donors (Lipinski definition) is 0. The molecule has 8 heavy (non-hydrogen) atoms. The van der Waals surface area contributed by atoms with Crippen LogP contribution in [0, 0.1) is 11.8 Å². The van der Waals surface area contributed by atoms with E-state index in [2.05, 4.69) is 0 Å². The van der Waals surface area contributed by atoms with E-state index in [9.17, 15) is 0 Å². The van der Waals surface area contributed by atoms with Gasteiger partial charge in [-0.15, -0.1) is 0 Å². The second kappa shape index (κ2) is 0.831. The minimum absolute atomic E-state index is 0.870. The smallest absolute Gasteiger partial charge is 0.145 e. The zero-order chi connectivity index (χ0) is 5.14. The van der Waals surface area contributed by atoms with Crippen LogP contribution < -0.4 is 0 Å². The molecule has 0 amide bonds. The lowest BCUT2D eigenvalue weighted by Gasteiger charge is -1.99. The third kappa shape index (κ3) is 0.225. The second-order valence-corrected chi connectivity index (χ2v) is 3.04. The number of ether oxygens (including phenoxy) is 1. The summed E-state index contributed by atoms with van der Waals surface area (Å²) in [5.74, 6) is 4.49. The summed E-state index contributed by atoms with van der Waals surface area (Å²) in [5.41, 5.74) is 0. The fourth-order valence-electron chi connectivity index (χ4n) is 2.12. The lowest BCUT2D eigenvalue weighted by Crippen LogP contribution is -1.90. The van der Waals surface area contributed by atoms with Crippen molar-refractivity contribution in [3.8, 4) is 0 Å². The first-order valence-electron chi connectivity index (χ1n) is 3.37. The standard InChI is InChI=1S/C7H8O/c1-2-5-3-4(1)6-7(5)8-6/h4-5H,1-3H2. The Morgan fingerprint density at radius 2 is 1.75 bits per heavy atom. The number of allylic oxidation sites excluding steroid dienone is 2. The topological polar surface area (TPSA) is 12.5 Å². The van der Waals surface area contributed by atoms with Crippen molar-refractivity contribution in [3.63, 3.8) is 0 Å². The van der Waals surface area contributed by atoms with E-state index in [1.54, 1.807) is 0 Å². The van der Waals surface area contributed by atoms with Crippen molar-refractivity contribution < 1.29 is 4.74 Å². The zero-order valence-corrected chi connectivity index (χ0v) is 4.68. The Morgan fingerprint density at radius 1 is 1.12 bits per heavy atom. The maximum Gasteiger partial charge on any atom is 0.145 e. The molecule has 1 heteroatoms. The Bertz CT molecular complexity index is 163. The summed E-state index contributed by atoms with van der Waals surface area (Å²) in [7, 11) is 0. The van der Waals surface area contributed by atoms with E-state index in [0.29, 0.717) is 0 Å². The Hall–Kier alpha value is -0.460. The predicted octanol–water partition coefficient (Wildman–Crippen LogP) is 1.66. The van der Waals surface area contributed by atoms with Crippen LogP contribution in [0.3, 0.4) is 0 Å². The van der Waals surface area contributed by atoms with Gasteiger partial charge in [0, 0.05) is 11.8 Å². The second-order valence-electron chi connectivity index (χ2n) is 3.04. The molecule has 0 radical (unpaired) electrons. The number of rotatable bonds is 0. The Labute approximate surface area is 48.3 Å². The molecule has 2 aliphatic carbocycles. The molecule has 1 heterocycles. The largest absolute Gasteiger partial charge is 0.458 e. The summed E-state index contributed by atoms with van der Waals surface area (Å²) in [4.78, 5) is 0. The summed E-state index contributed by atoms with van der Waals surface area (Å²) >= 11 is 0. The van der Waals surface area contributed by atoms with Crippen LogP contribution in [0.15, 0.2) is 11.5 Å². The van der Waals surface area contributed by atoms with Crippen molar-refractivity contribution in [2.75, 3.05) is 0 Å². The van der Waals surface area contributed by atoms with Crippen LogP contribution in [0.4, 0.5) is 0 Å². The quantitative estimate of drug-likeness (QED) is 0.459. The molecule has 2 bridgehead atoms. The maximum absolute atomic E-state index is 5.27. The SMILES string of the molecule is C1CC2CC1C1=C2O1. The average Bonchev–Trinajstić information content (AvgIpc) is 2.39. The highest BCUT2D eigenvalue weighted by Crippen LogP contribution is 2.58. The van der Waals surface area contributed by atoms with Gasteiger partial charge in [-0.2, -0.15) is 0 Å². The molecule has 0 aromatic rings. The molecular weight excluding hydrogens is 100 g/mol. The first-order chi connectivity index (χ1) is 3.95. The summed E-state index contributed by atoms with van der Waals surface area (Å²) in [6.45, 7) is 0. The highest BCUT2D eigenvalue weighted by atomic mass is 16.6. The van der Waals surface area contributed by atoms with Gasteiger partial charge in [0.2, 0.25) is 0 Å². The molecule has 3 aliphatic rings. The Balaban J connectivity index is 2.15. The highest BCUT2D eigenvalue weighted by Gasteiger charge is 2.50. The molecule has 0 saturated heterocycles. The lowest BCUT2D eigenvalue weighted by molar-refractivity contribution is 0.344. The van der Waals surface area contributed by atoms with E-state index >= 15 is 0 Å². The van der Waals surface area contributed by atoms with E-state index < -0.39 is 0 Å². The molecule has 1 saturated carbocycles. The van der Waals surface area contributed by atoms with Gasteiger partial charge in [-0.3, -0.25) is 0 Å². The van der Waals surface area contributed by atoms with E-state index in [0.717, 1.165) is 11.8 Å². The third-order valence-electron chi connectivity index (χ3n) is 2.60. The van der Waals surface area contributed by atoms with Gasteiger partial charge < -0.3 is 4.74 Å². The fourth-order valence-corrected chi connectivity index (χ4v) is 2.12. The van der Waals surface area contributed by atoms with Crippen molar-refractivity contribution >= 4 is 0 Å². The molecule has 0 spiro atoms. The first kappa shape index (κ1) is 3.54. The molecule has 0 N–H and O–H groups in total. The van der Waals surface area contributed by atoms with Crippen molar-refractivity contribution in [1.82, 2.24) is 0 Å². The minimum atomic E-state index is 0.870. The van der Waals surface area contributed by atoms with Gasteiger partial charge in [-0.25, -0.2) is 0 Å². The minimum Gasteiger partial charge on any atom is -0.458 e. The average molecular weight is 108 g/mol. The van der Waals surface area contributed by atoms with Crippen molar-refractivity contribution in [2.24, 2.45) is 11.8 Å². The summed E-state index contributed by atoms with van der Waals surface area (Å²) in [5, 5.41) is 0. The molecule has 0 aromatic heterocycles. The molecule has 1 nitrogen and oxygen atoms in total. The van der Waals surface area contributed by atoms with E-state index in [1.807, 2.05) is 0 Å². The maximum atomic E-state index is 5.27. The molecule has 2 atom stereocenters. The normalized spacial score (nSPS) is 47.0. The van der Waals surface area contributed by atoms with Crippen LogP contribution in [-0.2, 0) is 4.74 Å². The Morgan fingerprint density at radius 3 is 2.12 bits per heavy atom. The molecule has 3 rings (SSSR count). The molecule has 42 valence electrons. The van der Waals surface area contributed by atoms with Crippen molar-refractivity contribution in [2.45, 2.75) is 19.3 Å². The molecule has 1 fully saturated rings. The van der Waals surface area contributed by atoms with Crippen LogP contribution >= 0.6 is 0 Å². The van der Waals surface area contributed by atoms with Crippen LogP contribution in [0.5, 0.6) is 0 Å². The van der Waals surface area contributed by atoms with Gasteiger partial charge in [0.1, 0.15) is 11.5 Å². The highest BCUT2D eigenvalue weighted by molar-refractivity contribution is 5.32. The molecule has 2 unspecified atom stereocenters. The summed E-state index contributed by atoms with van der Waals surface area (Å²) in [6, 6.07) is 0. The predicted molar refractivity (Wildman–Crippen MR) is 28.9 cm³/mol. The van der Waals surface area contributed by atoms with E-state index in [-0.39, 0.29) is 0 Å². The van der Waals surface area contributed by atoms with Crippen LogP contribution in [0.1, 0.15) is 19.3 Å². The molecule has 1 aliphatic heterocycles. The fraction of sp³-hybridized carbons (Fsp3) is 0.714. The van der Waals surface area contributed by atoms with Gasteiger partial charge in [0.15, 0.2) is 0 Å². The van der Waals surface area contributed by atoms with Crippen LogP contribution in [-0.4, -0.2) is 0 Å². The van der Waals surface area contributed by atoms with E-state index in [4.69, 9.17) is 4.74 Å². The Kier molecular flexibility index (Phi) is 0.368. The van der Waals surface area contributed by atoms with Crippen molar-refractivity contribution in [3.05, 3.63) is 11.5 Å². The number of fused-ring (bicyclic) bond motifs is 4. The van der Waals surface area contributed by atoms with E-state index in [1.165, 1.54) is 30.8 Å². The van der Waals surface area contributed by atoms with Crippen molar-refractivity contribution in [1.29, 1.82) is 0 Å². The van der Waals surface area contributed by atoms with Gasteiger partial charge in [0.25, 0.3) is 0 Å². The number of hydrogen-bond acceptors (Lipinski definition) is 1. The lowest BCUT2D eigenvalue weighted by atomic mass is 10.1. The third-order valence-corrected chi connectivity index (χ3v) is 2.60. The van der Waals surface area contributed by atoms with Gasteiger partial charge in [-0.05, 0) is 19.3 Å². The van der Waals surface area contributed by atoms with Crippen LogP contribution in [0.25, 0.3) is 0 Å².